The maximum absolute atomic E-state index is 6.19. The largest absolute Gasteiger partial charge is 0.236 e. The van der Waals surface area contributed by atoms with Crippen LogP contribution in [0.4, 0.5) is 0 Å². The molecule has 0 atom stereocenters. The highest BCUT2D eigenvalue weighted by Gasteiger charge is 2.06. The van der Waals surface area contributed by atoms with Gasteiger partial charge in [-0.1, -0.05) is 41.6 Å². The number of benzene rings is 1. The lowest BCUT2D eigenvalue weighted by Crippen LogP contribution is -1.88. The first-order chi connectivity index (χ1) is 8.83. The molecule has 3 aromatic rings. The van der Waals surface area contributed by atoms with E-state index in [9.17, 15) is 0 Å². The molecule has 0 aliphatic carbocycles. The quantitative estimate of drug-likeness (QED) is 0.540. The molecular weight excluding hydrogens is 286 g/mol. The van der Waals surface area contributed by atoms with Crippen molar-refractivity contribution >= 4 is 45.8 Å². The van der Waals surface area contributed by atoms with Crippen molar-refractivity contribution in [2.75, 3.05) is 0 Å². The van der Waals surface area contributed by atoms with E-state index in [0.717, 1.165) is 26.6 Å². The number of thioether (sulfide) groups is 1. The van der Waals surface area contributed by atoms with Gasteiger partial charge in [-0.2, -0.15) is 4.37 Å². The number of nitrogens with zero attached hydrogens (tertiary/aromatic N) is 3. The summed E-state index contributed by atoms with van der Waals surface area (Å²) in [5, 5.41) is 1.67. The molecule has 0 aliphatic heterocycles. The topological polar surface area (TPSA) is 38.7 Å². The minimum Gasteiger partial charge on any atom is -0.236 e. The van der Waals surface area contributed by atoms with Gasteiger partial charge >= 0.3 is 0 Å². The van der Waals surface area contributed by atoms with E-state index in [-0.39, 0.29) is 0 Å². The van der Waals surface area contributed by atoms with Crippen LogP contribution in [0.5, 0.6) is 0 Å². The zero-order valence-corrected chi connectivity index (χ0v) is 11.6. The molecule has 0 spiro atoms. The van der Waals surface area contributed by atoms with Crippen LogP contribution < -0.4 is 0 Å². The molecule has 3 nitrogen and oxygen atoms in total. The van der Waals surface area contributed by atoms with Crippen LogP contribution in [0.25, 0.3) is 10.9 Å². The lowest BCUT2D eigenvalue weighted by Gasteiger charge is -2.04. The van der Waals surface area contributed by atoms with E-state index in [1.54, 1.807) is 18.1 Å². The molecule has 2 heterocycles. The monoisotopic (exact) mass is 293 g/mol. The summed E-state index contributed by atoms with van der Waals surface area (Å²) in [6.07, 6.45) is 1.56. The second-order valence-electron chi connectivity index (χ2n) is 3.63. The van der Waals surface area contributed by atoms with E-state index in [0.29, 0.717) is 5.15 Å². The summed E-state index contributed by atoms with van der Waals surface area (Å²) in [7, 11) is 0. The van der Waals surface area contributed by atoms with Crippen molar-refractivity contribution in [3.63, 3.8) is 0 Å². The molecule has 1 aromatic carbocycles. The van der Waals surface area contributed by atoms with E-state index in [2.05, 4.69) is 20.4 Å². The highest BCUT2D eigenvalue weighted by Crippen LogP contribution is 2.28. The van der Waals surface area contributed by atoms with Gasteiger partial charge in [-0.05, 0) is 23.7 Å². The van der Waals surface area contributed by atoms with Crippen molar-refractivity contribution in [2.45, 2.75) is 10.1 Å². The predicted molar refractivity (Wildman–Crippen MR) is 76.2 cm³/mol. The second kappa shape index (κ2) is 5.22. The molecule has 90 valence electrons. The van der Waals surface area contributed by atoms with E-state index >= 15 is 0 Å². The van der Waals surface area contributed by atoms with Gasteiger partial charge in [0.1, 0.15) is 11.5 Å². The van der Waals surface area contributed by atoms with E-state index in [1.165, 1.54) is 11.5 Å². The molecule has 0 saturated heterocycles. The van der Waals surface area contributed by atoms with Gasteiger partial charge in [-0.25, -0.2) is 9.97 Å². The van der Waals surface area contributed by atoms with Crippen LogP contribution in [0.15, 0.2) is 41.0 Å². The average molecular weight is 294 g/mol. The molecule has 0 fully saturated rings. The molecule has 0 amide bonds. The normalized spacial score (nSPS) is 10.9. The van der Waals surface area contributed by atoms with Crippen molar-refractivity contribution in [1.82, 2.24) is 14.3 Å². The smallest absolute Gasteiger partial charge is 0.170 e. The maximum Gasteiger partial charge on any atom is 0.170 e. The van der Waals surface area contributed by atoms with E-state index in [1.807, 2.05) is 24.3 Å². The van der Waals surface area contributed by atoms with Crippen LogP contribution in [-0.2, 0) is 5.75 Å². The predicted octanol–water partition coefficient (Wildman–Crippen LogP) is 4.03. The van der Waals surface area contributed by atoms with Crippen LogP contribution in [0.2, 0.25) is 5.15 Å². The third-order valence-corrected chi connectivity index (χ3v) is 4.62. The third kappa shape index (κ3) is 2.48. The third-order valence-electron chi connectivity index (χ3n) is 2.44. The maximum atomic E-state index is 6.19. The van der Waals surface area contributed by atoms with Crippen LogP contribution in [0.3, 0.4) is 0 Å². The number of halogens is 1. The van der Waals surface area contributed by atoms with Gasteiger partial charge in [0.05, 0.1) is 5.52 Å². The van der Waals surface area contributed by atoms with Crippen molar-refractivity contribution in [3.8, 4) is 0 Å². The van der Waals surface area contributed by atoms with Gasteiger partial charge in [0.25, 0.3) is 0 Å². The Morgan fingerprint density at radius 1 is 1.28 bits per heavy atom. The molecule has 3 rings (SSSR count). The molecule has 0 aliphatic rings. The number of pyridine rings is 1. The van der Waals surface area contributed by atoms with Gasteiger partial charge < -0.3 is 0 Å². The van der Waals surface area contributed by atoms with E-state index in [4.69, 9.17) is 11.6 Å². The minimum atomic E-state index is 0.561. The highest BCUT2D eigenvalue weighted by molar-refractivity contribution is 8.00. The van der Waals surface area contributed by atoms with Crippen LogP contribution in [-0.4, -0.2) is 14.3 Å². The van der Waals surface area contributed by atoms with Gasteiger partial charge in [0.2, 0.25) is 0 Å². The number of hydrogen-bond acceptors (Lipinski definition) is 5. The summed E-state index contributed by atoms with van der Waals surface area (Å²) in [5.41, 5.74) is 1.95. The first kappa shape index (κ1) is 11.9. The number of aromatic nitrogens is 3. The number of rotatable bonds is 3. The first-order valence-electron chi connectivity index (χ1n) is 5.26. The fraction of sp³-hybridized carbons (Fsp3) is 0.0833. The Hall–Kier alpha value is -1.17. The van der Waals surface area contributed by atoms with Crippen molar-refractivity contribution in [2.24, 2.45) is 0 Å². The summed E-state index contributed by atoms with van der Waals surface area (Å²) in [5.74, 6) is 0.756. The van der Waals surface area contributed by atoms with Crippen molar-refractivity contribution in [3.05, 3.63) is 47.4 Å². The van der Waals surface area contributed by atoms with Gasteiger partial charge in [0.15, 0.2) is 4.34 Å². The molecule has 0 bridgehead atoms. The summed E-state index contributed by atoms with van der Waals surface area (Å²) < 4.78 is 4.91. The molecule has 0 radical (unpaired) electrons. The fourth-order valence-corrected chi connectivity index (χ4v) is 3.31. The number of fused-ring (bicyclic) bond motifs is 1. The van der Waals surface area contributed by atoms with Gasteiger partial charge in [0, 0.05) is 16.7 Å². The molecule has 2 aromatic heterocycles. The van der Waals surface area contributed by atoms with Crippen LogP contribution in [0.1, 0.15) is 5.56 Å². The van der Waals surface area contributed by atoms with Gasteiger partial charge in [-0.3, -0.25) is 0 Å². The standard InChI is InChI=1S/C12H8ClN3S2/c13-11-9(6-17-12-14-7-15-18-12)5-8-3-1-2-4-10(8)16-11/h1-5,7H,6H2. The summed E-state index contributed by atoms with van der Waals surface area (Å²) in [6.45, 7) is 0. The average Bonchev–Trinajstić information content (AvgIpc) is 2.89. The van der Waals surface area contributed by atoms with E-state index < -0.39 is 0 Å². The zero-order chi connectivity index (χ0) is 12.4. The highest BCUT2D eigenvalue weighted by atomic mass is 35.5. The summed E-state index contributed by atoms with van der Waals surface area (Å²) in [4.78, 5) is 8.53. The van der Waals surface area contributed by atoms with Crippen molar-refractivity contribution < 1.29 is 0 Å². The molecule has 6 heteroatoms. The molecule has 18 heavy (non-hydrogen) atoms. The van der Waals surface area contributed by atoms with Gasteiger partial charge in [-0.15, -0.1) is 0 Å². The SMILES string of the molecule is Clc1nc2ccccc2cc1CSc1ncns1. The Morgan fingerprint density at radius 3 is 3.00 bits per heavy atom. The Bertz CT molecular complexity index is 670. The summed E-state index contributed by atoms with van der Waals surface area (Å²) >= 11 is 9.20. The molecule has 0 N–H and O–H groups in total. The minimum absolute atomic E-state index is 0.561. The molecule has 0 unspecified atom stereocenters. The number of hydrogen-bond donors (Lipinski definition) is 0. The molecule has 0 saturated carbocycles. The van der Waals surface area contributed by atoms with Crippen LogP contribution in [0, 0.1) is 0 Å². The zero-order valence-electron chi connectivity index (χ0n) is 9.21. The Labute approximate surface area is 117 Å². The second-order valence-corrected chi connectivity index (χ2v) is 5.99. The lowest BCUT2D eigenvalue weighted by atomic mass is 10.2. The fourth-order valence-electron chi connectivity index (χ4n) is 1.60. The molecular formula is C12H8ClN3S2. The Balaban J connectivity index is 1.89. The van der Waals surface area contributed by atoms with Crippen molar-refractivity contribution in [1.29, 1.82) is 0 Å². The summed E-state index contributed by atoms with van der Waals surface area (Å²) in [6, 6.07) is 10.0. The Kier molecular flexibility index (Phi) is 3.45. The lowest BCUT2D eigenvalue weighted by molar-refractivity contribution is 1.21. The van der Waals surface area contributed by atoms with Crippen LogP contribution >= 0.6 is 34.9 Å². The first-order valence-corrected chi connectivity index (χ1v) is 7.40. The number of para-hydroxylation sites is 1. The Morgan fingerprint density at radius 2 is 2.17 bits per heavy atom.